The average Bonchev–Trinajstić information content (AvgIpc) is 3.31. The van der Waals surface area contributed by atoms with E-state index in [0.717, 1.165) is 23.2 Å². The van der Waals surface area contributed by atoms with Crippen LogP contribution in [0.1, 0.15) is 39.9 Å². The Morgan fingerprint density at radius 2 is 1.53 bits per heavy atom. The zero-order valence-corrected chi connectivity index (χ0v) is 17.3. The zero-order chi connectivity index (χ0) is 20.8. The summed E-state index contributed by atoms with van der Waals surface area (Å²) >= 11 is 0. The Labute approximate surface area is 178 Å². The van der Waals surface area contributed by atoms with E-state index in [9.17, 15) is 4.79 Å². The van der Waals surface area contributed by atoms with E-state index in [1.165, 1.54) is 37.1 Å². The molecule has 3 aromatic carbocycles. The molecule has 4 nitrogen and oxygen atoms in total. The SMILES string of the molecule is NCc1ccc(C(=O)NCc2ccccc2-c2ccc(CN3CCCC3)cc2)cc1. The standard InChI is InChI=1S/C26H29N3O/c27-17-20-7-13-23(14-8-20)26(30)28-18-24-5-1-2-6-25(24)22-11-9-21(10-12-22)19-29-15-3-4-16-29/h1-2,5-14H,3-4,15-19,27H2,(H,28,30). The fourth-order valence-corrected chi connectivity index (χ4v) is 4.01. The van der Waals surface area contributed by atoms with E-state index in [1.54, 1.807) is 0 Å². The molecule has 4 heteroatoms. The minimum atomic E-state index is -0.0747. The maximum atomic E-state index is 12.5. The van der Waals surface area contributed by atoms with Gasteiger partial charge in [0.15, 0.2) is 0 Å². The van der Waals surface area contributed by atoms with Gasteiger partial charge in [0, 0.05) is 25.2 Å². The number of benzene rings is 3. The average molecular weight is 400 g/mol. The first-order valence-corrected chi connectivity index (χ1v) is 10.7. The molecule has 1 saturated heterocycles. The number of carbonyl (C=O) groups excluding carboxylic acids is 1. The first-order valence-electron chi connectivity index (χ1n) is 10.7. The molecule has 154 valence electrons. The molecule has 0 spiro atoms. The molecule has 3 aromatic rings. The largest absolute Gasteiger partial charge is 0.348 e. The van der Waals surface area contributed by atoms with Crippen molar-refractivity contribution in [2.75, 3.05) is 13.1 Å². The Kier molecular flexibility index (Phi) is 6.57. The molecule has 0 aromatic heterocycles. The third kappa shape index (κ3) is 4.96. The molecule has 1 aliphatic heterocycles. The lowest BCUT2D eigenvalue weighted by molar-refractivity contribution is 0.0951. The molecule has 0 unspecified atom stereocenters. The predicted molar refractivity (Wildman–Crippen MR) is 122 cm³/mol. The van der Waals surface area contributed by atoms with E-state index in [-0.39, 0.29) is 5.91 Å². The van der Waals surface area contributed by atoms with Crippen molar-refractivity contribution in [3.05, 3.63) is 95.1 Å². The van der Waals surface area contributed by atoms with E-state index < -0.39 is 0 Å². The van der Waals surface area contributed by atoms with Crippen molar-refractivity contribution in [1.29, 1.82) is 0 Å². The monoisotopic (exact) mass is 399 g/mol. The minimum absolute atomic E-state index is 0.0747. The van der Waals surface area contributed by atoms with Crippen LogP contribution in [0.5, 0.6) is 0 Å². The number of hydrogen-bond donors (Lipinski definition) is 2. The van der Waals surface area contributed by atoms with Gasteiger partial charge in [-0.25, -0.2) is 0 Å². The fraction of sp³-hybridized carbons (Fsp3) is 0.269. The summed E-state index contributed by atoms with van der Waals surface area (Å²) in [7, 11) is 0. The second kappa shape index (κ2) is 9.70. The minimum Gasteiger partial charge on any atom is -0.348 e. The van der Waals surface area contributed by atoms with Crippen LogP contribution in [-0.4, -0.2) is 23.9 Å². The summed E-state index contributed by atoms with van der Waals surface area (Å²) < 4.78 is 0. The molecule has 4 rings (SSSR count). The van der Waals surface area contributed by atoms with Gasteiger partial charge in [0.1, 0.15) is 0 Å². The Balaban J connectivity index is 1.43. The van der Waals surface area contributed by atoms with Crippen molar-refractivity contribution in [2.24, 2.45) is 5.73 Å². The first kappa shape index (κ1) is 20.3. The summed E-state index contributed by atoms with van der Waals surface area (Å²) in [6.07, 6.45) is 2.63. The molecule has 0 aliphatic carbocycles. The van der Waals surface area contributed by atoms with Gasteiger partial charge >= 0.3 is 0 Å². The molecular weight excluding hydrogens is 370 g/mol. The maximum absolute atomic E-state index is 12.5. The van der Waals surface area contributed by atoms with Gasteiger partial charge in [-0.15, -0.1) is 0 Å². The van der Waals surface area contributed by atoms with Crippen LogP contribution < -0.4 is 11.1 Å². The predicted octanol–water partition coefficient (Wildman–Crippen LogP) is 4.34. The van der Waals surface area contributed by atoms with Crippen molar-refractivity contribution in [3.8, 4) is 11.1 Å². The topological polar surface area (TPSA) is 58.4 Å². The highest BCUT2D eigenvalue weighted by Gasteiger charge is 2.12. The Hall–Kier alpha value is -2.95. The van der Waals surface area contributed by atoms with Gasteiger partial charge in [0.2, 0.25) is 0 Å². The van der Waals surface area contributed by atoms with Crippen molar-refractivity contribution < 1.29 is 4.79 Å². The number of carbonyl (C=O) groups is 1. The van der Waals surface area contributed by atoms with Crippen LogP contribution >= 0.6 is 0 Å². The normalized spacial score (nSPS) is 14.0. The van der Waals surface area contributed by atoms with Crippen molar-refractivity contribution >= 4 is 5.91 Å². The zero-order valence-electron chi connectivity index (χ0n) is 17.3. The lowest BCUT2D eigenvalue weighted by atomic mass is 9.98. The van der Waals surface area contributed by atoms with E-state index in [4.69, 9.17) is 5.73 Å². The Morgan fingerprint density at radius 3 is 2.23 bits per heavy atom. The number of nitrogens with zero attached hydrogens (tertiary/aromatic N) is 1. The highest BCUT2D eigenvalue weighted by Crippen LogP contribution is 2.25. The second-order valence-corrected chi connectivity index (χ2v) is 7.92. The third-order valence-corrected chi connectivity index (χ3v) is 5.78. The van der Waals surface area contributed by atoms with Crippen molar-refractivity contribution in [2.45, 2.75) is 32.5 Å². The van der Waals surface area contributed by atoms with Crippen LogP contribution in [0.2, 0.25) is 0 Å². The summed E-state index contributed by atoms with van der Waals surface area (Å²) in [5.41, 5.74) is 12.1. The smallest absolute Gasteiger partial charge is 0.251 e. The highest BCUT2D eigenvalue weighted by atomic mass is 16.1. The van der Waals surface area contributed by atoms with Crippen molar-refractivity contribution in [3.63, 3.8) is 0 Å². The van der Waals surface area contributed by atoms with E-state index >= 15 is 0 Å². The lowest BCUT2D eigenvalue weighted by Gasteiger charge is -2.15. The fourth-order valence-electron chi connectivity index (χ4n) is 4.01. The van der Waals surface area contributed by atoms with Gasteiger partial charge in [0.05, 0.1) is 0 Å². The molecule has 1 aliphatic rings. The molecule has 1 amide bonds. The van der Waals surface area contributed by atoms with Crippen LogP contribution in [0, 0.1) is 0 Å². The maximum Gasteiger partial charge on any atom is 0.251 e. The summed E-state index contributed by atoms with van der Waals surface area (Å²) in [5.74, 6) is -0.0747. The quantitative estimate of drug-likeness (QED) is 0.621. The van der Waals surface area contributed by atoms with Gasteiger partial charge < -0.3 is 11.1 Å². The van der Waals surface area contributed by atoms with Crippen LogP contribution in [0.4, 0.5) is 0 Å². The molecule has 3 N–H and O–H groups in total. The molecule has 1 heterocycles. The molecule has 0 radical (unpaired) electrons. The van der Waals surface area contributed by atoms with Crippen LogP contribution in [0.25, 0.3) is 11.1 Å². The number of amides is 1. The van der Waals surface area contributed by atoms with Crippen LogP contribution in [-0.2, 0) is 19.6 Å². The van der Waals surface area contributed by atoms with Gasteiger partial charge in [0.25, 0.3) is 5.91 Å². The molecule has 0 atom stereocenters. The number of likely N-dealkylation sites (tertiary alicyclic amines) is 1. The van der Waals surface area contributed by atoms with E-state index in [1.807, 2.05) is 36.4 Å². The summed E-state index contributed by atoms with van der Waals surface area (Å²) in [5, 5.41) is 3.05. The third-order valence-electron chi connectivity index (χ3n) is 5.78. The number of nitrogens with one attached hydrogen (secondary N) is 1. The number of nitrogens with two attached hydrogens (primary N) is 1. The molecule has 0 bridgehead atoms. The summed E-state index contributed by atoms with van der Waals surface area (Å²) in [6.45, 7) is 4.41. The Morgan fingerprint density at radius 1 is 0.867 bits per heavy atom. The highest BCUT2D eigenvalue weighted by molar-refractivity contribution is 5.94. The summed E-state index contributed by atoms with van der Waals surface area (Å²) in [4.78, 5) is 15.0. The van der Waals surface area contributed by atoms with Crippen molar-refractivity contribution in [1.82, 2.24) is 10.2 Å². The Bertz CT molecular complexity index is 974. The number of rotatable bonds is 7. The van der Waals surface area contributed by atoms with E-state index in [2.05, 4.69) is 46.6 Å². The molecule has 0 saturated carbocycles. The molecule has 1 fully saturated rings. The van der Waals surface area contributed by atoms with Gasteiger partial charge in [-0.3, -0.25) is 9.69 Å². The molecule has 30 heavy (non-hydrogen) atoms. The second-order valence-electron chi connectivity index (χ2n) is 7.92. The summed E-state index contributed by atoms with van der Waals surface area (Å²) in [6, 6.07) is 24.5. The van der Waals surface area contributed by atoms with Gasteiger partial charge in [-0.2, -0.15) is 0 Å². The van der Waals surface area contributed by atoms with E-state index in [0.29, 0.717) is 18.7 Å². The van der Waals surface area contributed by atoms with Crippen LogP contribution in [0.15, 0.2) is 72.8 Å². The first-order chi connectivity index (χ1) is 14.7. The molecular formula is C26H29N3O. The lowest BCUT2D eigenvalue weighted by Crippen LogP contribution is -2.23. The van der Waals surface area contributed by atoms with Crippen LogP contribution in [0.3, 0.4) is 0 Å². The van der Waals surface area contributed by atoms with Gasteiger partial charge in [-0.1, -0.05) is 60.7 Å². The van der Waals surface area contributed by atoms with Gasteiger partial charge in [-0.05, 0) is 65.9 Å². The number of hydrogen-bond acceptors (Lipinski definition) is 3.